The Kier molecular flexibility index (Phi) is 8.93. The van der Waals surface area contributed by atoms with Crippen LogP contribution in [0.3, 0.4) is 0 Å². The first kappa shape index (κ1) is 18.4. The molecule has 1 saturated carbocycles. The molecule has 4 heteroatoms. The van der Waals surface area contributed by atoms with Crippen molar-refractivity contribution in [1.82, 2.24) is 10.2 Å². The lowest BCUT2D eigenvalue weighted by Gasteiger charge is -2.30. The quantitative estimate of drug-likeness (QED) is 0.630. The average molecular weight is 298 g/mol. The third-order valence-electron chi connectivity index (χ3n) is 4.48. The zero-order chi connectivity index (χ0) is 15.7. The first-order chi connectivity index (χ1) is 10.1. The lowest BCUT2D eigenvalue weighted by atomic mass is 10.1. The highest BCUT2D eigenvalue weighted by Gasteiger charge is 2.25. The summed E-state index contributed by atoms with van der Waals surface area (Å²) in [4.78, 5) is 14.4. The molecule has 1 N–H and O–H groups in total. The SMILES string of the molecule is CCNC(CCN(CCC(C)C)C1CCCC1)C(=O)OC. The van der Waals surface area contributed by atoms with Gasteiger partial charge in [-0.1, -0.05) is 33.6 Å². The van der Waals surface area contributed by atoms with Crippen LogP contribution in [-0.4, -0.2) is 49.7 Å². The van der Waals surface area contributed by atoms with Gasteiger partial charge in [-0.2, -0.15) is 0 Å². The van der Waals surface area contributed by atoms with Crippen LogP contribution >= 0.6 is 0 Å². The smallest absolute Gasteiger partial charge is 0.322 e. The minimum absolute atomic E-state index is 0.132. The Morgan fingerprint density at radius 3 is 2.38 bits per heavy atom. The predicted octanol–water partition coefficient (Wildman–Crippen LogP) is 2.82. The zero-order valence-corrected chi connectivity index (χ0v) is 14.4. The zero-order valence-electron chi connectivity index (χ0n) is 14.4. The molecule has 124 valence electrons. The van der Waals surface area contributed by atoms with Crippen LogP contribution < -0.4 is 5.32 Å². The number of nitrogens with one attached hydrogen (secondary N) is 1. The fraction of sp³-hybridized carbons (Fsp3) is 0.941. The summed E-state index contributed by atoms with van der Waals surface area (Å²) >= 11 is 0. The molecule has 0 aromatic rings. The van der Waals surface area contributed by atoms with Crippen LogP contribution in [0.25, 0.3) is 0 Å². The van der Waals surface area contributed by atoms with Crippen LogP contribution in [0.1, 0.15) is 59.3 Å². The molecule has 1 atom stereocenters. The van der Waals surface area contributed by atoms with E-state index in [9.17, 15) is 4.79 Å². The molecule has 0 bridgehead atoms. The second kappa shape index (κ2) is 10.2. The van der Waals surface area contributed by atoms with Crippen molar-refractivity contribution in [2.75, 3.05) is 26.7 Å². The van der Waals surface area contributed by atoms with Crippen molar-refractivity contribution >= 4 is 5.97 Å². The predicted molar refractivity (Wildman–Crippen MR) is 87.4 cm³/mol. The average Bonchev–Trinajstić information content (AvgIpc) is 2.99. The standard InChI is InChI=1S/C17H34N2O2/c1-5-18-16(17(20)21-4)11-13-19(12-10-14(2)3)15-8-6-7-9-15/h14-16,18H,5-13H2,1-4H3. The summed E-state index contributed by atoms with van der Waals surface area (Å²) in [5.74, 6) is 0.603. The van der Waals surface area contributed by atoms with Gasteiger partial charge >= 0.3 is 5.97 Å². The van der Waals surface area contributed by atoms with Gasteiger partial charge in [0.05, 0.1) is 7.11 Å². The van der Waals surface area contributed by atoms with Crippen LogP contribution in [-0.2, 0) is 9.53 Å². The molecule has 0 heterocycles. The van der Waals surface area contributed by atoms with Crippen molar-refractivity contribution in [3.63, 3.8) is 0 Å². The highest BCUT2D eigenvalue weighted by atomic mass is 16.5. The molecule has 0 amide bonds. The van der Waals surface area contributed by atoms with E-state index in [1.807, 2.05) is 6.92 Å². The van der Waals surface area contributed by atoms with Crippen molar-refractivity contribution in [3.8, 4) is 0 Å². The molecular formula is C17H34N2O2. The van der Waals surface area contributed by atoms with E-state index in [-0.39, 0.29) is 12.0 Å². The number of likely N-dealkylation sites (N-methyl/N-ethyl adjacent to an activating group) is 1. The number of rotatable bonds is 10. The summed E-state index contributed by atoms with van der Waals surface area (Å²) in [6.45, 7) is 9.54. The van der Waals surface area contributed by atoms with Crippen LogP contribution in [0.5, 0.6) is 0 Å². The van der Waals surface area contributed by atoms with Crippen molar-refractivity contribution in [3.05, 3.63) is 0 Å². The van der Waals surface area contributed by atoms with Gasteiger partial charge in [-0.05, 0) is 44.7 Å². The van der Waals surface area contributed by atoms with E-state index < -0.39 is 0 Å². The number of hydrogen-bond donors (Lipinski definition) is 1. The maximum Gasteiger partial charge on any atom is 0.322 e. The molecule has 0 aliphatic heterocycles. The van der Waals surface area contributed by atoms with E-state index in [1.54, 1.807) is 0 Å². The van der Waals surface area contributed by atoms with Crippen molar-refractivity contribution in [2.45, 2.75) is 71.4 Å². The molecule has 1 rings (SSSR count). The summed E-state index contributed by atoms with van der Waals surface area (Å²) < 4.78 is 4.90. The van der Waals surface area contributed by atoms with E-state index in [4.69, 9.17) is 4.74 Å². The first-order valence-electron chi connectivity index (χ1n) is 8.63. The Hall–Kier alpha value is -0.610. The third kappa shape index (κ3) is 6.79. The Bertz CT molecular complexity index is 289. The van der Waals surface area contributed by atoms with Crippen molar-refractivity contribution in [1.29, 1.82) is 0 Å². The summed E-state index contributed by atoms with van der Waals surface area (Å²) in [5.41, 5.74) is 0. The van der Waals surface area contributed by atoms with Gasteiger partial charge in [0.15, 0.2) is 0 Å². The molecule has 21 heavy (non-hydrogen) atoms. The number of nitrogens with zero attached hydrogens (tertiary/aromatic N) is 1. The molecule has 0 saturated heterocycles. The second-order valence-electron chi connectivity index (χ2n) is 6.58. The van der Waals surface area contributed by atoms with Crippen LogP contribution in [0.15, 0.2) is 0 Å². The van der Waals surface area contributed by atoms with Gasteiger partial charge < -0.3 is 15.0 Å². The molecule has 1 aliphatic carbocycles. The lowest BCUT2D eigenvalue weighted by Crippen LogP contribution is -2.43. The molecule has 1 fully saturated rings. The fourth-order valence-electron chi connectivity index (χ4n) is 3.16. The van der Waals surface area contributed by atoms with E-state index in [0.717, 1.165) is 38.0 Å². The Morgan fingerprint density at radius 2 is 1.86 bits per heavy atom. The molecule has 1 unspecified atom stereocenters. The van der Waals surface area contributed by atoms with Crippen LogP contribution in [0.2, 0.25) is 0 Å². The topological polar surface area (TPSA) is 41.6 Å². The second-order valence-corrected chi connectivity index (χ2v) is 6.58. The largest absolute Gasteiger partial charge is 0.468 e. The maximum absolute atomic E-state index is 11.8. The number of methoxy groups -OCH3 is 1. The van der Waals surface area contributed by atoms with Gasteiger partial charge in [0.1, 0.15) is 6.04 Å². The molecule has 1 aliphatic rings. The van der Waals surface area contributed by atoms with Gasteiger partial charge in [-0.15, -0.1) is 0 Å². The van der Waals surface area contributed by atoms with Gasteiger partial charge in [-0.25, -0.2) is 0 Å². The molecule has 0 radical (unpaired) electrons. The number of carbonyl (C=O) groups is 1. The minimum Gasteiger partial charge on any atom is -0.468 e. The van der Waals surface area contributed by atoms with E-state index >= 15 is 0 Å². The number of carbonyl (C=O) groups excluding carboxylic acids is 1. The molecule has 4 nitrogen and oxygen atoms in total. The van der Waals surface area contributed by atoms with Crippen LogP contribution in [0.4, 0.5) is 0 Å². The Morgan fingerprint density at radius 1 is 1.24 bits per heavy atom. The number of ether oxygens (including phenoxy) is 1. The minimum atomic E-state index is -0.164. The molecule has 0 spiro atoms. The summed E-state index contributed by atoms with van der Waals surface area (Å²) in [5, 5.41) is 3.24. The fourth-order valence-corrected chi connectivity index (χ4v) is 3.16. The van der Waals surface area contributed by atoms with E-state index in [2.05, 4.69) is 24.1 Å². The van der Waals surface area contributed by atoms with Gasteiger partial charge in [0.2, 0.25) is 0 Å². The third-order valence-corrected chi connectivity index (χ3v) is 4.48. The highest BCUT2D eigenvalue weighted by Crippen LogP contribution is 2.24. The Balaban J connectivity index is 2.51. The Labute approximate surface area is 130 Å². The number of hydrogen-bond acceptors (Lipinski definition) is 4. The summed E-state index contributed by atoms with van der Waals surface area (Å²) in [6.07, 6.45) is 7.44. The molecular weight excluding hydrogens is 264 g/mol. The van der Waals surface area contributed by atoms with Gasteiger partial charge in [0.25, 0.3) is 0 Å². The van der Waals surface area contributed by atoms with Crippen molar-refractivity contribution in [2.24, 2.45) is 5.92 Å². The summed E-state index contributed by atoms with van der Waals surface area (Å²) in [7, 11) is 1.47. The number of esters is 1. The highest BCUT2D eigenvalue weighted by molar-refractivity contribution is 5.75. The molecule has 0 aromatic carbocycles. The van der Waals surface area contributed by atoms with Gasteiger partial charge in [-0.3, -0.25) is 4.79 Å². The summed E-state index contributed by atoms with van der Waals surface area (Å²) in [6, 6.07) is 0.562. The van der Waals surface area contributed by atoms with E-state index in [0.29, 0.717) is 0 Å². The van der Waals surface area contributed by atoms with E-state index in [1.165, 1.54) is 39.2 Å². The lowest BCUT2D eigenvalue weighted by molar-refractivity contribution is -0.143. The first-order valence-corrected chi connectivity index (χ1v) is 8.63. The monoisotopic (exact) mass is 298 g/mol. The molecule has 0 aromatic heterocycles. The van der Waals surface area contributed by atoms with Gasteiger partial charge in [0, 0.05) is 12.6 Å². The maximum atomic E-state index is 11.8. The normalized spacial score (nSPS) is 17.6. The van der Waals surface area contributed by atoms with Crippen molar-refractivity contribution < 1.29 is 9.53 Å². The van der Waals surface area contributed by atoms with Crippen LogP contribution in [0, 0.1) is 5.92 Å².